The van der Waals surface area contributed by atoms with Crippen LogP contribution < -0.4 is 21.3 Å². The molecule has 1 aromatic heterocycles. The maximum atomic E-state index is 13.9. The number of nitrogens with zero attached hydrogens (tertiary/aromatic N) is 4. The number of carbonyl (C=O) groups excluding carboxylic acids is 4. The third kappa shape index (κ3) is 11.6. The Morgan fingerprint density at radius 1 is 0.917 bits per heavy atom. The number of anilines is 1. The summed E-state index contributed by atoms with van der Waals surface area (Å²) < 4.78 is 5.35. The molecular formula is C43H52ClN9O7. The third-order valence-corrected chi connectivity index (χ3v) is 11.5. The molecule has 6 rings (SSSR count). The van der Waals surface area contributed by atoms with Crippen molar-refractivity contribution in [3.05, 3.63) is 82.4 Å². The van der Waals surface area contributed by atoms with Gasteiger partial charge >= 0.3 is 12.2 Å². The number of rotatable bonds is 12. The van der Waals surface area contributed by atoms with Crippen LogP contribution >= 0.6 is 11.6 Å². The highest BCUT2D eigenvalue weighted by Gasteiger charge is 2.31. The van der Waals surface area contributed by atoms with Gasteiger partial charge in [-0.2, -0.15) is 5.21 Å². The number of ether oxygens (including phenoxy) is 1. The number of H-pyrrole nitrogens is 1. The Labute approximate surface area is 353 Å². The summed E-state index contributed by atoms with van der Waals surface area (Å²) in [5, 5.41) is 35.5. The number of amides is 5. The highest BCUT2D eigenvalue weighted by molar-refractivity contribution is 6.34. The van der Waals surface area contributed by atoms with Gasteiger partial charge < -0.3 is 36.0 Å². The monoisotopic (exact) mass is 841 g/mol. The van der Waals surface area contributed by atoms with Gasteiger partial charge in [0, 0.05) is 60.4 Å². The molecule has 1 aliphatic heterocycles. The minimum Gasteiger partial charge on any atom is -0.465 e. The van der Waals surface area contributed by atoms with Crippen molar-refractivity contribution in [3.8, 4) is 22.5 Å². The van der Waals surface area contributed by atoms with Crippen LogP contribution in [0.15, 0.2) is 60.7 Å². The van der Waals surface area contributed by atoms with E-state index in [0.717, 1.165) is 29.5 Å². The molecule has 2 aliphatic rings. The van der Waals surface area contributed by atoms with Crippen LogP contribution in [0.3, 0.4) is 0 Å². The smallest absolute Gasteiger partial charge is 0.407 e. The number of carboxylic acid groups (broad SMARTS) is 1. The highest BCUT2D eigenvalue weighted by Crippen LogP contribution is 2.33. The van der Waals surface area contributed by atoms with E-state index in [1.807, 2.05) is 45.0 Å². The number of alkyl carbamates (subject to hydrolysis) is 1. The van der Waals surface area contributed by atoms with Gasteiger partial charge in [0.2, 0.25) is 17.6 Å². The number of hydrogen-bond donors (Lipinski definition) is 6. The van der Waals surface area contributed by atoms with Crippen molar-refractivity contribution in [3.63, 3.8) is 0 Å². The van der Waals surface area contributed by atoms with E-state index >= 15 is 0 Å². The Hall–Kier alpha value is -6.03. The van der Waals surface area contributed by atoms with E-state index in [1.54, 1.807) is 43.3 Å². The van der Waals surface area contributed by atoms with E-state index in [2.05, 4.69) is 41.9 Å². The van der Waals surface area contributed by atoms with Gasteiger partial charge in [-0.25, -0.2) is 9.59 Å². The second kappa shape index (κ2) is 19.4. The van der Waals surface area contributed by atoms with Crippen LogP contribution in [0, 0.1) is 18.8 Å². The lowest BCUT2D eigenvalue weighted by Gasteiger charge is -2.30. The zero-order valence-electron chi connectivity index (χ0n) is 34.2. The van der Waals surface area contributed by atoms with Gasteiger partial charge in [-0.05, 0) is 124 Å². The molecule has 17 heteroatoms. The van der Waals surface area contributed by atoms with Gasteiger partial charge in [0.25, 0.3) is 5.91 Å². The minimum absolute atomic E-state index is 0.132. The van der Waals surface area contributed by atoms with Crippen LogP contribution in [0.2, 0.25) is 5.02 Å². The number of benzene rings is 3. The fourth-order valence-corrected chi connectivity index (χ4v) is 7.85. The van der Waals surface area contributed by atoms with E-state index in [9.17, 15) is 29.1 Å². The van der Waals surface area contributed by atoms with E-state index in [1.165, 1.54) is 4.90 Å². The summed E-state index contributed by atoms with van der Waals surface area (Å²) in [6.07, 6.45) is 2.62. The second-order valence-electron chi connectivity index (χ2n) is 16.5. The Balaban J connectivity index is 1.11. The standard InChI is InChI=1S/C43H52ClN9O7/c1-25-33(39(55)46-32-19-21-53(22-20-32)42(58)59)17-18-34(36(25)44)28-9-5-26(6-10-28)23-35(40(56)47-31-15-13-29(14-16-31)37-49-51-52-50-37)48-38(54)30-11-7-27(8-12-30)24-45-41(57)60-43(2,3)4/h5-6,9-10,13-18,27,30,32,35H,7-8,11-12,19-24H2,1-4H3,(H,45,57)(H,46,55)(H,47,56)(H,48,54)(H,58,59)(H,49,50,51,52)/t27-,30-,35-/m0/s1. The molecule has 6 N–H and O–H groups in total. The molecule has 3 aromatic carbocycles. The van der Waals surface area contributed by atoms with Gasteiger partial charge in [0.1, 0.15) is 11.6 Å². The number of nitrogens with one attached hydrogen (secondary N) is 5. The molecule has 0 unspecified atom stereocenters. The number of aromatic amines is 1. The molecule has 0 bridgehead atoms. The number of piperidine rings is 1. The van der Waals surface area contributed by atoms with E-state index in [4.69, 9.17) is 16.3 Å². The van der Waals surface area contributed by atoms with Crippen LogP contribution in [0.25, 0.3) is 22.5 Å². The van der Waals surface area contributed by atoms with Crippen molar-refractivity contribution in [2.24, 2.45) is 11.8 Å². The molecule has 318 valence electrons. The van der Waals surface area contributed by atoms with Gasteiger partial charge in [-0.1, -0.05) is 41.9 Å². The zero-order valence-corrected chi connectivity index (χ0v) is 35.0. The first-order valence-corrected chi connectivity index (χ1v) is 20.6. The average Bonchev–Trinajstić information content (AvgIpc) is 3.77. The Bertz CT molecular complexity index is 2140. The number of halogens is 1. The summed E-state index contributed by atoms with van der Waals surface area (Å²) in [7, 11) is 0. The predicted octanol–water partition coefficient (Wildman–Crippen LogP) is 6.36. The molecule has 4 aromatic rings. The lowest BCUT2D eigenvalue weighted by atomic mass is 9.81. The molecule has 1 saturated carbocycles. The summed E-state index contributed by atoms with van der Waals surface area (Å²) in [4.78, 5) is 65.6. The first kappa shape index (κ1) is 43.5. The van der Waals surface area contributed by atoms with Gasteiger partial charge in [-0.3, -0.25) is 14.4 Å². The van der Waals surface area contributed by atoms with E-state index < -0.39 is 23.8 Å². The number of tetrazole rings is 1. The largest absolute Gasteiger partial charge is 0.465 e. The number of hydrogen-bond acceptors (Lipinski definition) is 9. The number of aromatic nitrogens is 4. The molecule has 0 radical (unpaired) electrons. The third-order valence-electron chi connectivity index (χ3n) is 11.0. The van der Waals surface area contributed by atoms with E-state index in [-0.39, 0.29) is 42.0 Å². The Morgan fingerprint density at radius 3 is 2.20 bits per heavy atom. The van der Waals surface area contributed by atoms with Crippen molar-refractivity contribution in [1.29, 1.82) is 0 Å². The molecular weight excluding hydrogens is 790 g/mol. The maximum Gasteiger partial charge on any atom is 0.407 e. The number of likely N-dealkylation sites (tertiary alicyclic amines) is 1. The minimum atomic E-state index is -0.957. The van der Waals surface area contributed by atoms with Crippen LogP contribution in [0.4, 0.5) is 15.3 Å². The fourth-order valence-electron chi connectivity index (χ4n) is 7.57. The molecule has 5 amide bonds. The van der Waals surface area contributed by atoms with Gasteiger partial charge in [-0.15, -0.1) is 10.2 Å². The van der Waals surface area contributed by atoms with Crippen molar-refractivity contribution in [1.82, 2.24) is 41.5 Å². The lowest BCUT2D eigenvalue weighted by molar-refractivity contribution is -0.130. The first-order chi connectivity index (χ1) is 28.6. The van der Waals surface area contributed by atoms with Crippen LogP contribution in [0.5, 0.6) is 0 Å². The summed E-state index contributed by atoms with van der Waals surface area (Å²) in [6, 6.07) is 17.1. The molecule has 60 heavy (non-hydrogen) atoms. The van der Waals surface area contributed by atoms with Crippen molar-refractivity contribution < 1.29 is 33.8 Å². The van der Waals surface area contributed by atoms with Crippen LogP contribution in [-0.2, 0) is 20.7 Å². The summed E-state index contributed by atoms with van der Waals surface area (Å²) in [5.74, 6) is -0.486. The molecule has 1 saturated heterocycles. The summed E-state index contributed by atoms with van der Waals surface area (Å²) >= 11 is 6.86. The molecule has 1 aliphatic carbocycles. The van der Waals surface area contributed by atoms with Gasteiger partial charge in [0.05, 0.1) is 5.02 Å². The van der Waals surface area contributed by atoms with Gasteiger partial charge in [0.15, 0.2) is 0 Å². The van der Waals surface area contributed by atoms with Crippen LogP contribution in [0.1, 0.15) is 80.8 Å². The molecule has 2 heterocycles. The predicted molar refractivity (Wildman–Crippen MR) is 225 cm³/mol. The highest BCUT2D eigenvalue weighted by atomic mass is 35.5. The first-order valence-electron chi connectivity index (χ1n) is 20.2. The fraction of sp³-hybridized carbons (Fsp3) is 0.442. The normalized spacial score (nSPS) is 17.6. The SMILES string of the molecule is Cc1c(C(=O)NC2CCN(C(=O)O)CC2)ccc(-c2ccc(C[C@H](NC(=O)[C@H]3CC[C@H](CNC(=O)OC(C)(C)C)CC3)C(=O)Nc3ccc(-c4nn[nH]n4)cc3)cc2)c1Cl. The second-order valence-corrected chi connectivity index (χ2v) is 16.9. The lowest BCUT2D eigenvalue weighted by Crippen LogP contribution is -2.48. The summed E-state index contributed by atoms with van der Waals surface area (Å²) in [5.41, 5.74) is 4.08. The van der Waals surface area contributed by atoms with E-state index in [0.29, 0.717) is 78.5 Å². The Morgan fingerprint density at radius 2 is 1.58 bits per heavy atom. The van der Waals surface area contributed by atoms with Crippen molar-refractivity contribution >= 4 is 47.2 Å². The quantitative estimate of drug-likeness (QED) is 0.0926. The Kier molecular flexibility index (Phi) is 14.0. The summed E-state index contributed by atoms with van der Waals surface area (Å²) in [6.45, 7) is 8.43. The average molecular weight is 842 g/mol. The van der Waals surface area contributed by atoms with Crippen molar-refractivity contribution in [2.75, 3.05) is 25.0 Å². The molecule has 0 spiro atoms. The number of carbonyl (C=O) groups is 5. The maximum absolute atomic E-state index is 13.9. The molecule has 16 nitrogen and oxygen atoms in total. The van der Waals surface area contributed by atoms with Crippen molar-refractivity contribution in [2.45, 2.75) is 90.3 Å². The van der Waals surface area contributed by atoms with Crippen LogP contribution in [-0.4, -0.2) is 97.9 Å². The molecule has 2 fully saturated rings. The zero-order chi connectivity index (χ0) is 43.0. The molecule has 1 atom stereocenters. The topological polar surface area (TPSA) is 221 Å².